The number of aromatic nitrogens is 2. The Balaban J connectivity index is 2.40. The van der Waals surface area contributed by atoms with Gasteiger partial charge >= 0.3 is 0 Å². The van der Waals surface area contributed by atoms with Gasteiger partial charge in [0.1, 0.15) is 16.7 Å². The van der Waals surface area contributed by atoms with Crippen molar-refractivity contribution < 1.29 is 4.74 Å². The molecule has 0 radical (unpaired) electrons. The number of para-hydroxylation sites is 1. The third-order valence-corrected chi connectivity index (χ3v) is 3.08. The lowest BCUT2D eigenvalue weighted by Crippen LogP contribution is -1.99. The van der Waals surface area contributed by atoms with E-state index >= 15 is 0 Å². The van der Waals surface area contributed by atoms with Gasteiger partial charge in [0.2, 0.25) is 5.88 Å². The highest BCUT2D eigenvalue weighted by molar-refractivity contribution is 6.30. The zero-order valence-electron chi connectivity index (χ0n) is 10.7. The summed E-state index contributed by atoms with van der Waals surface area (Å²) in [5.74, 6) is 1.94. The van der Waals surface area contributed by atoms with Crippen molar-refractivity contribution in [1.82, 2.24) is 9.97 Å². The van der Waals surface area contributed by atoms with Crippen molar-refractivity contribution in [3.05, 3.63) is 46.4 Å². The minimum absolute atomic E-state index is 0.437. The Morgan fingerprint density at radius 3 is 2.61 bits per heavy atom. The predicted octanol–water partition coefficient (Wildman–Crippen LogP) is 4.10. The summed E-state index contributed by atoms with van der Waals surface area (Å²) < 4.78 is 5.86. The highest BCUT2D eigenvalue weighted by atomic mass is 35.5. The molecule has 1 heterocycles. The first kappa shape index (κ1) is 12.8. The van der Waals surface area contributed by atoms with Crippen molar-refractivity contribution in [3.8, 4) is 11.6 Å². The molecule has 4 heteroatoms. The molecule has 18 heavy (non-hydrogen) atoms. The van der Waals surface area contributed by atoms with Gasteiger partial charge in [0.15, 0.2) is 0 Å². The molecule has 0 spiro atoms. The molecule has 3 nitrogen and oxygen atoms in total. The van der Waals surface area contributed by atoms with E-state index in [9.17, 15) is 0 Å². The van der Waals surface area contributed by atoms with E-state index in [1.54, 1.807) is 6.92 Å². The lowest BCUT2D eigenvalue weighted by Gasteiger charge is -2.11. The molecule has 1 aromatic carbocycles. The van der Waals surface area contributed by atoms with Gasteiger partial charge in [-0.25, -0.2) is 4.98 Å². The van der Waals surface area contributed by atoms with E-state index in [0.717, 1.165) is 23.3 Å². The molecule has 0 fully saturated rings. The molecule has 0 unspecified atom stereocenters. The maximum atomic E-state index is 6.03. The van der Waals surface area contributed by atoms with Gasteiger partial charge in [0.05, 0.1) is 0 Å². The summed E-state index contributed by atoms with van der Waals surface area (Å²) >= 11 is 6.03. The van der Waals surface area contributed by atoms with Crippen molar-refractivity contribution in [2.45, 2.75) is 27.2 Å². The number of halogens is 1. The molecule has 94 valence electrons. The van der Waals surface area contributed by atoms with Crippen molar-refractivity contribution in [2.24, 2.45) is 0 Å². The molecule has 0 aliphatic rings. The second-order valence-electron chi connectivity index (χ2n) is 4.06. The van der Waals surface area contributed by atoms with E-state index in [0.29, 0.717) is 16.9 Å². The van der Waals surface area contributed by atoms with Crippen LogP contribution < -0.4 is 4.74 Å². The van der Waals surface area contributed by atoms with Crippen LogP contribution in [0.2, 0.25) is 5.15 Å². The summed E-state index contributed by atoms with van der Waals surface area (Å²) in [5, 5.41) is 0.437. The molecule has 0 atom stereocenters. The van der Waals surface area contributed by atoms with Crippen molar-refractivity contribution in [2.75, 3.05) is 0 Å². The second-order valence-corrected chi connectivity index (χ2v) is 4.41. The topological polar surface area (TPSA) is 35.0 Å². The van der Waals surface area contributed by atoms with E-state index in [2.05, 4.69) is 16.9 Å². The molecular formula is C14H15ClN2O. The monoisotopic (exact) mass is 262 g/mol. The van der Waals surface area contributed by atoms with Crippen LogP contribution in [-0.2, 0) is 6.42 Å². The molecule has 0 saturated carbocycles. The summed E-state index contributed by atoms with van der Waals surface area (Å²) in [4.78, 5) is 8.38. The standard InChI is InChI=1S/C14H15ClN2O/c1-4-11-7-5-6-8-12(11)18-14-9(2)13(15)16-10(3)17-14/h5-8H,4H2,1-3H3. The van der Waals surface area contributed by atoms with Crippen molar-refractivity contribution >= 4 is 11.6 Å². The third-order valence-electron chi connectivity index (χ3n) is 2.71. The van der Waals surface area contributed by atoms with E-state index < -0.39 is 0 Å². The smallest absolute Gasteiger partial charge is 0.226 e. The number of rotatable bonds is 3. The molecule has 0 saturated heterocycles. The summed E-state index contributed by atoms with van der Waals surface area (Å²) in [7, 11) is 0. The first-order chi connectivity index (χ1) is 8.61. The number of aryl methyl sites for hydroxylation is 2. The first-order valence-corrected chi connectivity index (χ1v) is 6.26. The van der Waals surface area contributed by atoms with Gasteiger partial charge in [-0.1, -0.05) is 36.7 Å². The number of ether oxygens (including phenoxy) is 1. The summed E-state index contributed by atoms with van der Waals surface area (Å²) in [6.07, 6.45) is 0.910. The van der Waals surface area contributed by atoms with Crippen LogP contribution in [0.3, 0.4) is 0 Å². The molecule has 0 N–H and O–H groups in total. The number of hydrogen-bond acceptors (Lipinski definition) is 3. The molecule has 2 rings (SSSR count). The lowest BCUT2D eigenvalue weighted by atomic mass is 10.1. The van der Waals surface area contributed by atoms with Crippen LogP contribution in [-0.4, -0.2) is 9.97 Å². The van der Waals surface area contributed by atoms with Crippen LogP contribution in [0.4, 0.5) is 0 Å². The van der Waals surface area contributed by atoms with E-state index in [-0.39, 0.29) is 0 Å². The Kier molecular flexibility index (Phi) is 3.82. The van der Waals surface area contributed by atoms with Gasteiger partial charge in [-0.2, -0.15) is 4.98 Å². The maximum Gasteiger partial charge on any atom is 0.226 e. The average molecular weight is 263 g/mol. The van der Waals surface area contributed by atoms with Crippen LogP contribution in [0, 0.1) is 13.8 Å². The molecule has 1 aromatic heterocycles. The van der Waals surface area contributed by atoms with Crippen LogP contribution in [0.1, 0.15) is 23.9 Å². The van der Waals surface area contributed by atoms with E-state index in [4.69, 9.17) is 16.3 Å². The number of hydrogen-bond donors (Lipinski definition) is 0. The summed E-state index contributed by atoms with van der Waals surface area (Å²) in [6.45, 7) is 5.74. The van der Waals surface area contributed by atoms with Crippen LogP contribution >= 0.6 is 11.6 Å². The largest absolute Gasteiger partial charge is 0.438 e. The first-order valence-electron chi connectivity index (χ1n) is 5.88. The minimum atomic E-state index is 0.437. The molecule has 2 aromatic rings. The van der Waals surface area contributed by atoms with Gasteiger partial charge in [0, 0.05) is 5.56 Å². The second kappa shape index (κ2) is 5.36. The fourth-order valence-corrected chi connectivity index (χ4v) is 1.87. The van der Waals surface area contributed by atoms with Crippen molar-refractivity contribution in [1.29, 1.82) is 0 Å². The molecule has 0 amide bonds. The van der Waals surface area contributed by atoms with Crippen LogP contribution in [0.15, 0.2) is 24.3 Å². The van der Waals surface area contributed by atoms with Gasteiger partial charge in [-0.3, -0.25) is 0 Å². The van der Waals surface area contributed by atoms with Gasteiger partial charge in [0.25, 0.3) is 0 Å². The zero-order chi connectivity index (χ0) is 13.1. The molecular weight excluding hydrogens is 248 g/mol. The Hall–Kier alpha value is -1.61. The quantitative estimate of drug-likeness (QED) is 0.781. The van der Waals surface area contributed by atoms with E-state index in [1.165, 1.54) is 0 Å². The van der Waals surface area contributed by atoms with Crippen LogP contribution in [0.25, 0.3) is 0 Å². The van der Waals surface area contributed by atoms with Crippen LogP contribution in [0.5, 0.6) is 11.6 Å². The Morgan fingerprint density at radius 1 is 1.17 bits per heavy atom. The lowest BCUT2D eigenvalue weighted by molar-refractivity contribution is 0.450. The summed E-state index contributed by atoms with van der Waals surface area (Å²) in [5.41, 5.74) is 1.90. The molecule has 0 aliphatic heterocycles. The van der Waals surface area contributed by atoms with Gasteiger partial charge in [-0.15, -0.1) is 0 Å². The highest BCUT2D eigenvalue weighted by Crippen LogP contribution is 2.29. The van der Waals surface area contributed by atoms with E-state index in [1.807, 2.05) is 31.2 Å². The normalized spacial score (nSPS) is 10.4. The average Bonchev–Trinajstić information content (AvgIpc) is 2.36. The zero-order valence-corrected chi connectivity index (χ0v) is 11.5. The maximum absolute atomic E-state index is 6.03. The van der Waals surface area contributed by atoms with Crippen molar-refractivity contribution in [3.63, 3.8) is 0 Å². The molecule has 0 bridgehead atoms. The number of benzene rings is 1. The Bertz CT molecular complexity index is 570. The molecule has 0 aliphatic carbocycles. The van der Waals surface area contributed by atoms with Gasteiger partial charge < -0.3 is 4.74 Å². The third kappa shape index (κ3) is 2.62. The highest BCUT2D eigenvalue weighted by Gasteiger charge is 2.11. The SMILES string of the molecule is CCc1ccccc1Oc1nc(C)nc(Cl)c1C. The Labute approximate surface area is 112 Å². The number of nitrogens with zero attached hydrogens (tertiary/aromatic N) is 2. The fourth-order valence-electron chi connectivity index (χ4n) is 1.67. The summed E-state index contributed by atoms with van der Waals surface area (Å²) in [6, 6.07) is 7.92. The fraction of sp³-hybridized carbons (Fsp3) is 0.286. The Morgan fingerprint density at radius 2 is 1.89 bits per heavy atom. The minimum Gasteiger partial charge on any atom is -0.438 e. The predicted molar refractivity (Wildman–Crippen MR) is 72.4 cm³/mol. The van der Waals surface area contributed by atoms with Gasteiger partial charge in [-0.05, 0) is 31.9 Å².